The molecule has 0 unspecified atom stereocenters. The van der Waals surface area contributed by atoms with Gasteiger partial charge in [0.05, 0.1) is 11.3 Å². The van der Waals surface area contributed by atoms with E-state index in [1.165, 1.54) is 37.3 Å². The van der Waals surface area contributed by atoms with Crippen molar-refractivity contribution in [1.29, 1.82) is 0 Å². The molecule has 6 heteroatoms. The summed E-state index contributed by atoms with van der Waals surface area (Å²) in [4.78, 5) is 23.3. The van der Waals surface area contributed by atoms with Crippen LogP contribution < -0.4 is 15.8 Å². The summed E-state index contributed by atoms with van der Waals surface area (Å²) in [5.74, 6) is -1.53. The molecule has 0 spiro atoms. The van der Waals surface area contributed by atoms with Crippen LogP contribution in [-0.2, 0) is 4.79 Å². The van der Waals surface area contributed by atoms with E-state index in [0.717, 1.165) is 0 Å². The Hall–Kier alpha value is -2.89. The number of primary amides is 1. The molecule has 0 bridgehead atoms. The van der Waals surface area contributed by atoms with Crippen LogP contribution in [0.3, 0.4) is 0 Å². The summed E-state index contributed by atoms with van der Waals surface area (Å²) in [7, 11) is 0. The van der Waals surface area contributed by atoms with Gasteiger partial charge in [-0.25, -0.2) is 4.39 Å². The van der Waals surface area contributed by atoms with Gasteiger partial charge in [0.25, 0.3) is 11.8 Å². The number of hydrogen-bond acceptors (Lipinski definition) is 3. The van der Waals surface area contributed by atoms with Crippen LogP contribution >= 0.6 is 0 Å². The Kier molecular flexibility index (Phi) is 4.73. The number of rotatable bonds is 5. The second kappa shape index (κ2) is 6.71. The number of carbonyl (C=O) groups excluding carboxylic acids is 2. The molecule has 2 amide bonds. The van der Waals surface area contributed by atoms with E-state index in [1.807, 2.05) is 0 Å². The van der Waals surface area contributed by atoms with Gasteiger partial charge in [0, 0.05) is 0 Å². The summed E-state index contributed by atoms with van der Waals surface area (Å²) >= 11 is 0. The van der Waals surface area contributed by atoms with Gasteiger partial charge in [-0.05, 0) is 31.2 Å². The highest BCUT2D eigenvalue weighted by Crippen LogP contribution is 2.19. The van der Waals surface area contributed by atoms with E-state index in [4.69, 9.17) is 10.5 Å². The van der Waals surface area contributed by atoms with Gasteiger partial charge in [-0.1, -0.05) is 24.3 Å². The van der Waals surface area contributed by atoms with Crippen molar-refractivity contribution in [2.24, 2.45) is 5.73 Å². The number of anilines is 1. The molecule has 0 aliphatic heterocycles. The van der Waals surface area contributed by atoms with Crippen molar-refractivity contribution in [3.63, 3.8) is 0 Å². The summed E-state index contributed by atoms with van der Waals surface area (Å²) in [5.41, 5.74) is 5.48. The molecule has 3 N–H and O–H groups in total. The summed E-state index contributed by atoms with van der Waals surface area (Å²) in [6, 6.07) is 12.1. The first-order chi connectivity index (χ1) is 10.5. The number of benzene rings is 2. The quantitative estimate of drug-likeness (QED) is 0.889. The van der Waals surface area contributed by atoms with Crippen LogP contribution in [0.4, 0.5) is 10.1 Å². The molecule has 2 aromatic rings. The van der Waals surface area contributed by atoms with E-state index in [2.05, 4.69) is 5.32 Å². The second-order valence-corrected chi connectivity index (χ2v) is 4.59. The number of para-hydroxylation sites is 2. The topological polar surface area (TPSA) is 81.4 Å². The van der Waals surface area contributed by atoms with Crippen LogP contribution in [0.2, 0.25) is 0 Å². The van der Waals surface area contributed by atoms with Crippen LogP contribution in [0.15, 0.2) is 48.5 Å². The van der Waals surface area contributed by atoms with Crippen molar-refractivity contribution in [1.82, 2.24) is 0 Å². The second-order valence-electron chi connectivity index (χ2n) is 4.59. The zero-order valence-corrected chi connectivity index (χ0v) is 11.9. The highest BCUT2D eigenvalue weighted by molar-refractivity contribution is 5.96. The highest BCUT2D eigenvalue weighted by Gasteiger charge is 2.18. The third-order valence-corrected chi connectivity index (χ3v) is 2.96. The number of hydrogen-bond donors (Lipinski definition) is 2. The minimum absolute atomic E-state index is 0.0612. The van der Waals surface area contributed by atoms with Gasteiger partial charge in [-0.3, -0.25) is 9.59 Å². The SMILES string of the molecule is C[C@@H](Oc1ccccc1C(N)=O)C(=O)Nc1ccccc1F. The smallest absolute Gasteiger partial charge is 0.265 e. The standard InChI is InChI=1S/C16H15FN2O3/c1-10(16(21)19-13-8-4-3-7-12(13)17)22-14-9-5-2-6-11(14)15(18)20/h2-10H,1H3,(H2,18,20)(H,19,21)/t10-/m1/s1. The number of halogens is 1. The molecule has 1 atom stereocenters. The van der Waals surface area contributed by atoms with Crippen molar-refractivity contribution in [2.45, 2.75) is 13.0 Å². The van der Waals surface area contributed by atoms with Gasteiger partial charge in [0.1, 0.15) is 11.6 Å². The lowest BCUT2D eigenvalue weighted by atomic mass is 10.2. The first-order valence-corrected chi connectivity index (χ1v) is 6.60. The fourth-order valence-electron chi connectivity index (χ4n) is 1.81. The van der Waals surface area contributed by atoms with Crippen molar-refractivity contribution >= 4 is 17.5 Å². The Morgan fingerprint density at radius 3 is 2.45 bits per heavy atom. The lowest BCUT2D eigenvalue weighted by Crippen LogP contribution is -2.31. The van der Waals surface area contributed by atoms with Crippen molar-refractivity contribution in [2.75, 3.05) is 5.32 Å². The maximum absolute atomic E-state index is 13.5. The molecule has 0 saturated carbocycles. The van der Waals surface area contributed by atoms with E-state index in [9.17, 15) is 14.0 Å². The molecule has 114 valence electrons. The molecular formula is C16H15FN2O3. The molecule has 0 aliphatic carbocycles. The number of ether oxygens (including phenoxy) is 1. The van der Waals surface area contributed by atoms with E-state index < -0.39 is 23.7 Å². The minimum atomic E-state index is -0.930. The van der Waals surface area contributed by atoms with Crippen LogP contribution in [0, 0.1) is 5.82 Å². The van der Waals surface area contributed by atoms with E-state index >= 15 is 0 Å². The Morgan fingerprint density at radius 1 is 1.14 bits per heavy atom. The van der Waals surface area contributed by atoms with Gasteiger partial charge < -0.3 is 15.8 Å². The molecule has 5 nitrogen and oxygen atoms in total. The molecule has 0 aliphatic rings. The number of nitrogens with one attached hydrogen (secondary N) is 1. The summed E-state index contributed by atoms with van der Waals surface area (Å²) < 4.78 is 18.9. The summed E-state index contributed by atoms with van der Waals surface area (Å²) in [6.45, 7) is 1.49. The molecule has 0 saturated heterocycles. The van der Waals surface area contributed by atoms with Crippen LogP contribution in [0.25, 0.3) is 0 Å². The van der Waals surface area contributed by atoms with Gasteiger partial charge in [0.15, 0.2) is 6.10 Å². The maximum Gasteiger partial charge on any atom is 0.265 e. The van der Waals surface area contributed by atoms with Gasteiger partial charge in [-0.15, -0.1) is 0 Å². The highest BCUT2D eigenvalue weighted by atomic mass is 19.1. The Bertz CT molecular complexity index is 703. The first kappa shape index (κ1) is 15.5. The zero-order chi connectivity index (χ0) is 16.1. The lowest BCUT2D eigenvalue weighted by molar-refractivity contribution is -0.122. The maximum atomic E-state index is 13.5. The Balaban J connectivity index is 2.09. The fourth-order valence-corrected chi connectivity index (χ4v) is 1.81. The molecule has 22 heavy (non-hydrogen) atoms. The summed E-state index contributed by atoms with van der Waals surface area (Å²) in [5, 5.41) is 2.42. The fraction of sp³-hybridized carbons (Fsp3) is 0.125. The Labute approximate surface area is 126 Å². The van der Waals surface area contributed by atoms with E-state index in [0.29, 0.717) is 0 Å². The largest absolute Gasteiger partial charge is 0.480 e. The molecule has 0 heterocycles. The van der Waals surface area contributed by atoms with Gasteiger partial charge in [0.2, 0.25) is 0 Å². The average molecular weight is 302 g/mol. The van der Waals surface area contributed by atoms with Crippen LogP contribution in [0.5, 0.6) is 5.75 Å². The molecule has 0 fully saturated rings. The normalized spacial score (nSPS) is 11.5. The average Bonchev–Trinajstić information content (AvgIpc) is 2.49. The molecule has 2 aromatic carbocycles. The Morgan fingerprint density at radius 2 is 1.77 bits per heavy atom. The predicted octanol–water partition coefficient (Wildman–Crippen LogP) is 2.33. The summed E-state index contributed by atoms with van der Waals surface area (Å²) in [6.07, 6.45) is -0.930. The van der Waals surface area contributed by atoms with E-state index in [1.54, 1.807) is 18.2 Å². The molecule has 0 aromatic heterocycles. The van der Waals surface area contributed by atoms with Crippen LogP contribution in [0.1, 0.15) is 17.3 Å². The molecule has 2 rings (SSSR count). The number of nitrogens with two attached hydrogens (primary N) is 1. The predicted molar refractivity (Wildman–Crippen MR) is 80.1 cm³/mol. The number of amides is 2. The van der Waals surface area contributed by atoms with Gasteiger partial charge in [-0.2, -0.15) is 0 Å². The third kappa shape index (κ3) is 3.60. The first-order valence-electron chi connectivity index (χ1n) is 6.60. The van der Waals surface area contributed by atoms with E-state index in [-0.39, 0.29) is 17.0 Å². The monoisotopic (exact) mass is 302 g/mol. The van der Waals surface area contributed by atoms with Crippen molar-refractivity contribution in [3.8, 4) is 5.75 Å². The van der Waals surface area contributed by atoms with Crippen molar-refractivity contribution < 1.29 is 18.7 Å². The van der Waals surface area contributed by atoms with Gasteiger partial charge >= 0.3 is 0 Å². The zero-order valence-electron chi connectivity index (χ0n) is 11.9. The van der Waals surface area contributed by atoms with Crippen LogP contribution in [-0.4, -0.2) is 17.9 Å². The number of carbonyl (C=O) groups is 2. The minimum Gasteiger partial charge on any atom is -0.480 e. The molecular weight excluding hydrogens is 287 g/mol. The third-order valence-electron chi connectivity index (χ3n) is 2.96. The van der Waals surface area contributed by atoms with Crippen molar-refractivity contribution in [3.05, 3.63) is 59.9 Å². The lowest BCUT2D eigenvalue weighted by Gasteiger charge is -2.16. The molecule has 0 radical (unpaired) electrons.